The lowest BCUT2D eigenvalue weighted by molar-refractivity contribution is -0.141. The first-order valence-corrected chi connectivity index (χ1v) is 9.85. The van der Waals surface area contributed by atoms with Crippen molar-refractivity contribution in [2.24, 2.45) is 0 Å². The van der Waals surface area contributed by atoms with Gasteiger partial charge in [0.1, 0.15) is 11.9 Å². The third kappa shape index (κ3) is 3.78. The van der Waals surface area contributed by atoms with Gasteiger partial charge >= 0.3 is 5.97 Å². The Morgan fingerprint density at radius 3 is 2.40 bits per heavy atom. The first kappa shape index (κ1) is 20.0. The lowest BCUT2D eigenvalue weighted by Gasteiger charge is -2.29. The lowest BCUT2D eigenvalue weighted by atomic mass is 10.0. The number of carboxylic acid groups (broad SMARTS) is 1. The summed E-state index contributed by atoms with van der Waals surface area (Å²) in [4.78, 5) is 30.8. The summed E-state index contributed by atoms with van der Waals surface area (Å²) in [5.41, 5.74) is 2.32. The van der Waals surface area contributed by atoms with E-state index in [0.717, 1.165) is 5.56 Å². The summed E-state index contributed by atoms with van der Waals surface area (Å²) in [6, 6.07) is 14.9. The summed E-state index contributed by atoms with van der Waals surface area (Å²) in [6.07, 6.45) is 2.27. The van der Waals surface area contributed by atoms with Crippen LogP contribution in [-0.2, 0) is 4.79 Å². The zero-order valence-electron chi connectivity index (χ0n) is 15.8. The zero-order valence-corrected chi connectivity index (χ0v) is 16.6. The molecular weight excluding hydrogens is 407 g/mol. The smallest absolute Gasteiger partial charge is 0.326 e. The molecule has 0 aliphatic carbocycles. The van der Waals surface area contributed by atoms with Crippen LogP contribution in [0.25, 0.3) is 11.3 Å². The third-order valence-corrected chi connectivity index (χ3v) is 5.66. The summed E-state index contributed by atoms with van der Waals surface area (Å²) in [5, 5.41) is 10.2. The Morgan fingerprint density at radius 2 is 1.77 bits per heavy atom. The number of carbonyl (C=O) groups excluding carboxylic acids is 1. The van der Waals surface area contributed by atoms with E-state index in [4.69, 9.17) is 11.6 Å². The van der Waals surface area contributed by atoms with Gasteiger partial charge in [-0.05, 0) is 60.9 Å². The maximum atomic E-state index is 13.3. The van der Waals surface area contributed by atoms with Crippen molar-refractivity contribution in [1.82, 2.24) is 9.88 Å². The Hall–Kier alpha value is -3.25. The quantitative estimate of drug-likeness (QED) is 0.641. The summed E-state index contributed by atoms with van der Waals surface area (Å²) >= 11 is 6.32. The van der Waals surface area contributed by atoms with E-state index in [0.29, 0.717) is 29.1 Å². The number of amides is 1. The Bertz CT molecular complexity index is 1090. The van der Waals surface area contributed by atoms with Crippen LogP contribution < -0.4 is 0 Å². The molecule has 7 heteroatoms. The molecule has 1 amide bonds. The molecule has 1 aliphatic rings. The van der Waals surface area contributed by atoms with Gasteiger partial charge in [0, 0.05) is 16.8 Å². The molecule has 1 fully saturated rings. The van der Waals surface area contributed by atoms with Gasteiger partial charge in [-0.15, -0.1) is 0 Å². The molecule has 1 aromatic heterocycles. The fraction of sp³-hybridized carbons (Fsp3) is 0.174. The first-order chi connectivity index (χ1) is 14.5. The number of hydrogen-bond acceptors (Lipinski definition) is 3. The number of hydrogen-bond donors (Lipinski definition) is 1. The molecule has 0 radical (unpaired) electrons. The van der Waals surface area contributed by atoms with Gasteiger partial charge in [-0.1, -0.05) is 29.8 Å². The van der Waals surface area contributed by atoms with E-state index in [2.05, 4.69) is 4.98 Å². The number of carboxylic acids is 1. The number of pyridine rings is 1. The molecule has 2 atom stereocenters. The molecule has 1 aliphatic heterocycles. The largest absolute Gasteiger partial charge is 0.480 e. The first-order valence-electron chi connectivity index (χ1n) is 9.47. The van der Waals surface area contributed by atoms with Crippen LogP contribution in [0, 0.1) is 5.82 Å². The number of aliphatic carboxylic acids is 1. The number of rotatable bonds is 4. The van der Waals surface area contributed by atoms with Crippen LogP contribution in [-0.4, -0.2) is 32.9 Å². The second-order valence-corrected chi connectivity index (χ2v) is 7.53. The minimum Gasteiger partial charge on any atom is -0.480 e. The van der Waals surface area contributed by atoms with Gasteiger partial charge in [-0.3, -0.25) is 9.78 Å². The molecule has 1 saturated heterocycles. The van der Waals surface area contributed by atoms with Crippen LogP contribution in [0.4, 0.5) is 4.39 Å². The molecule has 0 spiro atoms. The minimum atomic E-state index is -1.05. The average Bonchev–Trinajstić information content (AvgIpc) is 3.19. The Labute approximate surface area is 177 Å². The van der Waals surface area contributed by atoms with Crippen molar-refractivity contribution in [2.75, 3.05) is 0 Å². The fourth-order valence-corrected chi connectivity index (χ4v) is 4.11. The summed E-state index contributed by atoms with van der Waals surface area (Å²) < 4.78 is 13.1. The van der Waals surface area contributed by atoms with Gasteiger partial charge in [0.25, 0.3) is 5.91 Å². The average molecular weight is 425 g/mol. The monoisotopic (exact) mass is 424 g/mol. The van der Waals surface area contributed by atoms with Crippen LogP contribution in [0.1, 0.15) is 34.8 Å². The number of aromatic nitrogens is 1. The number of nitrogens with zero attached hydrogens (tertiary/aromatic N) is 2. The van der Waals surface area contributed by atoms with Gasteiger partial charge in [-0.2, -0.15) is 0 Å². The molecule has 30 heavy (non-hydrogen) atoms. The number of likely N-dealkylation sites (tertiary alicyclic amines) is 1. The van der Waals surface area contributed by atoms with Gasteiger partial charge in [0.15, 0.2) is 0 Å². The van der Waals surface area contributed by atoms with Crippen molar-refractivity contribution in [3.05, 3.63) is 88.8 Å². The van der Waals surface area contributed by atoms with Crippen LogP contribution in [0.2, 0.25) is 5.02 Å². The Balaban J connectivity index is 1.65. The number of benzene rings is 2. The van der Waals surface area contributed by atoms with Gasteiger partial charge in [-0.25, -0.2) is 9.18 Å². The molecule has 4 rings (SSSR count). The standard InChI is InChI=1S/C23H18ClFN2O3/c24-18-4-2-1-3-17(18)20-11-12-21(23(29)30)27(20)22(28)15-7-10-19(26-13-15)14-5-8-16(25)9-6-14/h1-10,13,20-21H,11-12H2,(H,29,30)/t20-,21+/m1/s1. The van der Waals surface area contributed by atoms with Gasteiger partial charge in [0.05, 0.1) is 17.3 Å². The van der Waals surface area contributed by atoms with E-state index in [-0.39, 0.29) is 11.4 Å². The molecule has 3 aromatic rings. The maximum Gasteiger partial charge on any atom is 0.326 e. The van der Waals surface area contributed by atoms with Crippen LogP contribution in [0.5, 0.6) is 0 Å². The van der Waals surface area contributed by atoms with Gasteiger partial charge in [0.2, 0.25) is 0 Å². The van der Waals surface area contributed by atoms with E-state index in [1.807, 2.05) is 12.1 Å². The van der Waals surface area contributed by atoms with Crippen molar-refractivity contribution in [3.8, 4) is 11.3 Å². The second-order valence-electron chi connectivity index (χ2n) is 7.12. The molecule has 5 nitrogen and oxygen atoms in total. The Kier molecular flexibility index (Phi) is 5.50. The molecule has 0 unspecified atom stereocenters. The van der Waals surface area contributed by atoms with Crippen molar-refractivity contribution in [3.63, 3.8) is 0 Å². The molecule has 2 heterocycles. The van der Waals surface area contributed by atoms with E-state index < -0.39 is 24.0 Å². The molecule has 2 aromatic carbocycles. The molecular formula is C23H18ClFN2O3. The normalized spacial score (nSPS) is 18.4. The highest BCUT2D eigenvalue weighted by atomic mass is 35.5. The van der Waals surface area contributed by atoms with Gasteiger partial charge < -0.3 is 10.0 Å². The zero-order chi connectivity index (χ0) is 21.3. The second kappa shape index (κ2) is 8.24. The van der Waals surface area contributed by atoms with Crippen LogP contribution >= 0.6 is 11.6 Å². The van der Waals surface area contributed by atoms with Crippen LogP contribution in [0.3, 0.4) is 0 Å². The highest BCUT2D eigenvalue weighted by molar-refractivity contribution is 6.31. The highest BCUT2D eigenvalue weighted by Gasteiger charge is 2.42. The predicted octanol–water partition coefficient (Wildman–Crippen LogP) is 4.97. The van der Waals surface area contributed by atoms with E-state index >= 15 is 0 Å². The molecule has 1 N–H and O–H groups in total. The topological polar surface area (TPSA) is 70.5 Å². The SMILES string of the molecule is O=C(O)[C@@H]1CC[C@H](c2ccccc2Cl)N1C(=O)c1ccc(-c2ccc(F)cc2)nc1. The van der Waals surface area contributed by atoms with Crippen molar-refractivity contribution in [2.45, 2.75) is 24.9 Å². The maximum absolute atomic E-state index is 13.3. The van der Waals surface area contributed by atoms with Crippen LogP contribution in [0.15, 0.2) is 66.9 Å². The minimum absolute atomic E-state index is 0.283. The fourth-order valence-electron chi connectivity index (χ4n) is 3.85. The molecule has 0 bridgehead atoms. The predicted molar refractivity (Wildman–Crippen MR) is 111 cm³/mol. The highest BCUT2D eigenvalue weighted by Crippen LogP contribution is 2.40. The number of carbonyl (C=O) groups is 2. The number of halogens is 2. The summed E-state index contributed by atoms with van der Waals surface area (Å²) in [5.74, 6) is -1.80. The molecule has 152 valence electrons. The van der Waals surface area contributed by atoms with Crippen molar-refractivity contribution >= 4 is 23.5 Å². The lowest BCUT2D eigenvalue weighted by Crippen LogP contribution is -2.42. The Morgan fingerprint density at radius 1 is 1.03 bits per heavy atom. The summed E-state index contributed by atoms with van der Waals surface area (Å²) in [7, 11) is 0. The van der Waals surface area contributed by atoms with E-state index in [1.165, 1.54) is 23.2 Å². The third-order valence-electron chi connectivity index (χ3n) is 5.32. The molecule has 0 saturated carbocycles. The van der Waals surface area contributed by atoms with Crippen molar-refractivity contribution < 1.29 is 19.1 Å². The summed E-state index contributed by atoms with van der Waals surface area (Å²) in [6.45, 7) is 0. The van der Waals surface area contributed by atoms with E-state index in [1.54, 1.807) is 36.4 Å². The van der Waals surface area contributed by atoms with Crippen molar-refractivity contribution in [1.29, 1.82) is 0 Å². The van der Waals surface area contributed by atoms with E-state index in [9.17, 15) is 19.1 Å².